The molecule has 8 heteroatoms. The molecule has 0 fully saturated rings. The Hall–Kier alpha value is -3.42. The molecule has 134 valence electrons. The Labute approximate surface area is 150 Å². The van der Waals surface area contributed by atoms with Gasteiger partial charge in [0.25, 0.3) is 5.91 Å². The molecule has 0 bridgehead atoms. The van der Waals surface area contributed by atoms with Crippen LogP contribution in [0.4, 0.5) is 11.5 Å². The zero-order valence-electron chi connectivity index (χ0n) is 15.1. The van der Waals surface area contributed by atoms with Gasteiger partial charge < -0.3 is 10.6 Å². The minimum atomic E-state index is -0.370. The number of amides is 2. The van der Waals surface area contributed by atoms with Gasteiger partial charge in [0.05, 0.1) is 22.8 Å². The van der Waals surface area contributed by atoms with Crippen molar-refractivity contribution in [1.29, 1.82) is 0 Å². The Morgan fingerprint density at radius 2 is 1.73 bits per heavy atom. The van der Waals surface area contributed by atoms with E-state index in [2.05, 4.69) is 20.8 Å². The van der Waals surface area contributed by atoms with Gasteiger partial charge in [-0.25, -0.2) is 4.68 Å². The monoisotopic (exact) mass is 352 g/mol. The van der Waals surface area contributed by atoms with Crippen molar-refractivity contribution in [2.45, 2.75) is 20.8 Å². The molecule has 0 aliphatic heterocycles. The van der Waals surface area contributed by atoms with E-state index in [1.807, 2.05) is 51.2 Å². The second-order valence-corrected chi connectivity index (χ2v) is 5.97. The average molecular weight is 352 g/mol. The molecular formula is C18H20N6O2. The number of nitrogens with zero attached hydrogens (tertiary/aromatic N) is 4. The summed E-state index contributed by atoms with van der Waals surface area (Å²) in [5.41, 5.74) is 3.17. The first-order valence-corrected chi connectivity index (χ1v) is 8.11. The first kappa shape index (κ1) is 17.4. The highest BCUT2D eigenvalue weighted by molar-refractivity contribution is 6.04. The van der Waals surface area contributed by atoms with Crippen LogP contribution in [0, 0.1) is 13.8 Å². The van der Waals surface area contributed by atoms with Crippen molar-refractivity contribution < 1.29 is 9.59 Å². The number of rotatable bonds is 4. The summed E-state index contributed by atoms with van der Waals surface area (Å²) < 4.78 is 3.23. The summed E-state index contributed by atoms with van der Waals surface area (Å²) in [7, 11) is 1.82. The van der Waals surface area contributed by atoms with Gasteiger partial charge >= 0.3 is 0 Å². The van der Waals surface area contributed by atoms with E-state index in [1.165, 1.54) is 11.6 Å². The minimum absolute atomic E-state index is 0.195. The average Bonchev–Trinajstić information content (AvgIpc) is 3.11. The topological polar surface area (TPSA) is 93.8 Å². The summed E-state index contributed by atoms with van der Waals surface area (Å²) in [6.07, 6.45) is 0. The van der Waals surface area contributed by atoms with Crippen molar-refractivity contribution in [2.75, 3.05) is 10.6 Å². The van der Waals surface area contributed by atoms with Crippen molar-refractivity contribution in [3.05, 3.63) is 53.5 Å². The molecule has 0 spiro atoms. The highest BCUT2D eigenvalue weighted by Crippen LogP contribution is 2.21. The smallest absolute Gasteiger partial charge is 0.276 e. The fraction of sp³-hybridized carbons (Fsp3) is 0.222. The van der Waals surface area contributed by atoms with Crippen molar-refractivity contribution in [1.82, 2.24) is 19.6 Å². The van der Waals surface area contributed by atoms with E-state index in [-0.39, 0.29) is 17.5 Å². The Morgan fingerprint density at radius 3 is 2.31 bits per heavy atom. The summed E-state index contributed by atoms with van der Waals surface area (Å²) >= 11 is 0. The van der Waals surface area contributed by atoms with Crippen LogP contribution in [0.3, 0.4) is 0 Å². The first-order chi connectivity index (χ1) is 12.4. The molecule has 2 N–H and O–H groups in total. The number of anilines is 2. The Kier molecular flexibility index (Phi) is 4.57. The number of aromatic nitrogens is 4. The molecule has 1 aromatic carbocycles. The molecule has 0 radical (unpaired) electrons. The standard InChI is InChI=1S/C18H20N6O2/c1-11-17(12(2)23(4)21-11)20-18(26)15-10-16(19-13(3)25)24(22-15)14-8-6-5-7-9-14/h5-10H,1-4H3,(H,19,25)(H,20,26). The zero-order valence-corrected chi connectivity index (χ0v) is 15.1. The SMILES string of the molecule is CC(=O)Nc1cc(C(=O)Nc2c(C)nn(C)c2C)nn1-c1ccccc1. The Morgan fingerprint density at radius 1 is 1.04 bits per heavy atom. The Balaban J connectivity index is 1.96. The van der Waals surface area contributed by atoms with Crippen LogP contribution >= 0.6 is 0 Å². The maximum Gasteiger partial charge on any atom is 0.276 e. The molecule has 0 unspecified atom stereocenters. The van der Waals surface area contributed by atoms with Crippen molar-refractivity contribution >= 4 is 23.3 Å². The van der Waals surface area contributed by atoms with Crippen LogP contribution < -0.4 is 10.6 Å². The second kappa shape index (κ2) is 6.83. The highest BCUT2D eigenvalue weighted by atomic mass is 16.2. The lowest BCUT2D eigenvalue weighted by atomic mass is 10.3. The lowest BCUT2D eigenvalue weighted by Crippen LogP contribution is -2.14. The van der Waals surface area contributed by atoms with Gasteiger partial charge in [-0.1, -0.05) is 18.2 Å². The van der Waals surface area contributed by atoms with Gasteiger partial charge in [0.1, 0.15) is 5.82 Å². The summed E-state index contributed by atoms with van der Waals surface area (Å²) in [5.74, 6) is -0.188. The lowest BCUT2D eigenvalue weighted by molar-refractivity contribution is -0.114. The van der Waals surface area contributed by atoms with Crippen LogP contribution in [0.15, 0.2) is 36.4 Å². The molecule has 0 saturated heterocycles. The molecule has 0 saturated carbocycles. The minimum Gasteiger partial charge on any atom is -0.317 e. The predicted molar refractivity (Wildman–Crippen MR) is 98.5 cm³/mol. The van der Waals surface area contributed by atoms with Crippen LogP contribution in [0.2, 0.25) is 0 Å². The number of carbonyl (C=O) groups is 2. The fourth-order valence-corrected chi connectivity index (χ4v) is 2.66. The van der Waals surface area contributed by atoms with E-state index < -0.39 is 0 Å². The maximum absolute atomic E-state index is 12.7. The quantitative estimate of drug-likeness (QED) is 0.754. The third-order valence-electron chi connectivity index (χ3n) is 3.99. The van der Waals surface area contributed by atoms with Crippen molar-refractivity contribution in [3.63, 3.8) is 0 Å². The van der Waals surface area contributed by atoms with Crippen LogP contribution in [0.25, 0.3) is 5.69 Å². The third kappa shape index (κ3) is 3.34. The molecule has 8 nitrogen and oxygen atoms in total. The Bertz CT molecular complexity index is 971. The summed E-state index contributed by atoms with van der Waals surface area (Å²) in [4.78, 5) is 24.2. The number of hydrogen-bond donors (Lipinski definition) is 2. The number of aryl methyl sites for hydroxylation is 2. The largest absolute Gasteiger partial charge is 0.317 e. The summed E-state index contributed by atoms with van der Waals surface area (Å²) in [6.45, 7) is 5.11. The van der Waals surface area contributed by atoms with E-state index in [0.29, 0.717) is 11.5 Å². The van der Waals surface area contributed by atoms with Gasteiger partial charge in [-0.15, -0.1) is 0 Å². The maximum atomic E-state index is 12.7. The molecule has 2 amide bonds. The van der Waals surface area contributed by atoms with Gasteiger partial charge in [0, 0.05) is 20.0 Å². The van der Waals surface area contributed by atoms with Gasteiger partial charge in [-0.3, -0.25) is 14.3 Å². The molecular weight excluding hydrogens is 332 g/mol. The van der Waals surface area contributed by atoms with Gasteiger partial charge in [0.2, 0.25) is 5.91 Å². The van der Waals surface area contributed by atoms with Crippen LogP contribution in [-0.2, 0) is 11.8 Å². The number of nitrogens with one attached hydrogen (secondary N) is 2. The molecule has 2 heterocycles. The van der Waals surface area contributed by atoms with E-state index in [4.69, 9.17) is 0 Å². The fourth-order valence-electron chi connectivity index (χ4n) is 2.66. The number of hydrogen-bond acceptors (Lipinski definition) is 4. The van der Waals surface area contributed by atoms with Crippen LogP contribution in [-0.4, -0.2) is 31.4 Å². The third-order valence-corrected chi connectivity index (χ3v) is 3.99. The summed E-state index contributed by atoms with van der Waals surface area (Å²) in [6, 6.07) is 10.8. The normalized spacial score (nSPS) is 10.6. The van der Waals surface area contributed by atoms with E-state index in [9.17, 15) is 9.59 Å². The van der Waals surface area contributed by atoms with Gasteiger partial charge in [-0.2, -0.15) is 10.2 Å². The van der Waals surface area contributed by atoms with E-state index >= 15 is 0 Å². The molecule has 0 aliphatic rings. The van der Waals surface area contributed by atoms with Crippen molar-refractivity contribution in [3.8, 4) is 5.69 Å². The second-order valence-electron chi connectivity index (χ2n) is 5.97. The number of carbonyl (C=O) groups excluding carboxylic acids is 2. The number of benzene rings is 1. The highest BCUT2D eigenvalue weighted by Gasteiger charge is 2.19. The first-order valence-electron chi connectivity index (χ1n) is 8.11. The van der Waals surface area contributed by atoms with Crippen LogP contribution in [0.5, 0.6) is 0 Å². The van der Waals surface area contributed by atoms with Gasteiger partial charge in [-0.05, 0) is 26.0 Å². The van der Waals surface area contributed by atoms with Gasteiger partial charge in [0.15, 0.2) is 5.69 Å². The molecule has 3 rings (SSSR count). The molecule has 0 aliphatic carbocycles. The number of para-hydroxylation sites is 1. The van der Waals surface area contributed by atoms with E-state index in [0.717, 1.165) is 17.1 Å². The zero-order chi connectivity index (χ0) is 18.8. The van der Waals surface area contributed by atoms with Crippen LogP contribution in [0.1, 0.15) is 28.8 Å². The molecule has 2 aromatic heterocycles. The predicted octanol–water partition coefficient (Wildman–Crippen LogP) is 2.43. The molecule has 3 aromatic rings. The lowest BCUT2D eigenvalue weighted by Gasteiger charge is -2.06. The molecule has 0 atom stereocenters. The summed E-state index contributed by atoms with van der Waals surface area (Å²) in [5, 5.41) is 14.2. The van der Waals surface area contributed by atoms with Crippen molar-refractivity contribution in [2.24, 2.45) is 7.05 Å². The van der Waals surface area contributed by atoms with E-state index in [1.54, 1.807) is 10.7 Å². The molecule has 26 heavy (non-hydrogen) atoms.